The predicted octanol–water partition coefficient (Wildman–Crippen LogP) is 4.24. The van der Waals surface area contributed by atoms with Gasteiger partial charge in [-0.15, -0.1) is 0 Å². The number of benzene rings is 1. The summed E-state index contributed by atoms with van der Waals surface area (Å²) in [4.78, 5) is 14.5. The van der Waals surface area contributed by atoms with Crippen molar-refractivity contribution in [2.75, 3.05) is 0 Å². The molecule has 0 aliphatic heterocycles. The topological polar surface area (TPSA) is 59.4 Å². The van der Waals surface area contributed by atoms with E-state index in [9.17, 15) is 9.18 Å². The first-order valence-corrected chi connectivity index (χ1v) is 6.58. The number of carbonyl (C=O) groups is 1. The molecule has 0 atom stereocenters. The van der Waals surface area contributed by atoms with Gasteiger partial charge >= 0.3 is 5.97 Å². The molecule has 1 heterocycles. The van der Waals surface area contributed by atoms with Gasteiger partial charge in [0.2, 0.25) is 0 Å². The molecule has 0 bridgehead atoms. The van der Waals surface area contributed by atoms with Crippen LogP contribution in [0.15, 0.2) is 39.4 Å². The molecule has 1 N–H and O–H groups in total. The van der Waals surface area contributed by atoms with Gasteiger partial charge in [0.1, 0.15) is 11.3 Å². The van der Waals surface area contributed by atoms with Gasteiger partial charge in [-0.2, -0.15) is 0 Å². The van der Waals surface area contributed by atoms with E-state index in [2.05, 4.69) is 36.8 Å². The summed E-state index contributed by atoms with van der Waals surface area (Å²) in [6.07, 6.45) is 1.18. The lowest BCUT2D eigenvalue weighted by Gasteiger charge is -2.08. The average Bonchev–Trinajstić information content (AvgIpc) is 2.34. The fourth-order valence-electron chi connectivity index (χ4n) is 1.32. The number of ether oxygens (including phenoxy) is 1. The molecule has 7 heteroatoms. The van der Waals surface area contributed by atoms with Crippen LogP contribution < -0.4 is 4.74 Å². The Kier molecular flexibility index (Phi) is 4.16. The molecule has 2 rings (SSSR count). The van der Waals surface area contributed by atoms with Gasteiger partial charge in [0, 0.05) is 10.7 Å². The van der Waals surface area contributed by atoms with Crippen LogP contribution in [0.25, 0.3) is 0 Å². The monoisotopic (exact) mass is 389 g/mol. The third kappa shape index (κ3) is 3.10. The summed E-state index contributed by atoms with van der Waals surface area (Å²) in [6.45, 7) is 0. The minimum absolute atomic E-state index is 0.331. The van der Waals surface area contributed by atoms with E-state index in [0.29, 0.717) is 10.2 Å². The zero-order valence-corrected chi connectivity index (χ0v) is 12.4. The van der Waals surface area contributed by atoms with Gasteiger partial charge in [-0.3, -0.25) is 0 Å². The second-order valence-corrected chi connectivity index (χ2v) is 5.23. The minimum atomic E-state index is -1.38. The number of hydrogen-bond acceptors (Lipinski definition) is 3. The maximum Gasteiger partial charge on any atom is 0.338 e. The quantitative estimate of drug-likeness (QED) is 0.851. The smallest absolute Gasteiger partial charge is 0.338 e. The second-order valence-electron chi connectivity index (χ2n) is 3.46. The number of carboxylic acid groups (broad SMARTS) is 1. The van der Waals surface area contributed by atoms with Crippen LogP contribution in [0.3, 0.4) is 0 Å². The zero-order chi connectivity index (χ0) is 14.0. The Bertz CT molecular complexity index is 649. The largest absolute Gasteiger partial charge is 0.478 e. The molecule has 2 aromatic rings. The minimum Gasteiger partial charge on any atom is -0.478 e. The van der Waals surface area contributed by atoms with Crippen LogP contribution >= 0.6 is 31.9 Å². The molecule has 4 nitrogen and oxygen atoms in total. The lowest BCUT2D eigenvalue weighted by atomic mass is 10.2. The molecule has 19 heavy (non-hydrogen) atoms. The van der Waals surface area contributed by atoms with Crippen LogP contribution in [-0.2, 0) is 0 Å². The molecule has 0 spiro atoms. The number of aromatic nitrogens is 1. The van der Waals surface area contributed by atoms with E-state index < -0.39 is 17.3 Å². The van der Waals surface area contributed by atoms with Gasteiger partial charge in [0.15, 0.2) is 5.82 Å². The van der Waals surface area contributed by atoms with Gasteiger partial charge in [-0.1, -0.05) is 15.9 Å². The maximum absolute atomic E-state index is 13.8. The highest BCUT2D eigenvalue weighted by Gasteiger charge is 2.17. The predicted molar refractivity (Wildman–Crippen MR) is 73.1 cm³/mol. The lowest BCUT2D eigenvalue weighted by Crippen LogP contribution is -2.03. The Labute approximate surface area is 124 Å². The van der Waals surface area contributed by atoms with Crippen molar-refractivity contribution < 1.29 is 19.0 Å². The van der Waals surface area contributed by atoms with Crippen molar-refractivity contribution in [1.29, 1.82) is 0 Å². The molecule has 0 fully saturated rings. The summed E-state index contributed by atoms with van der Waals surface area (Å²) >= 11 is 6.53. The Balaban J connectivity index is 2.38. The van der Waals surface area contributed by atoms with Crippen LogP contribution in [0, 0.1) is 5.82 Å². The van der Waals surface area contributed by atoms with E-state index in [-0.39, 0.29) is 5.88 Å². The van der Waals surface area contributed by atoms with Crippen molar-refractivity contribution in [3.63, 3.8) is 0 Å². The second kappa shape index (κ2) is 5.66. The third-order valence-electron chi connectivity index (χ3n) is 2.19. The van der Waals surface area contributed by atoms with Crippen LogP contribution in [0.5, 0.6) is 11.6 Å². The van der Waals surface area contributed by atoms with Crippen LogP contribution in [-0.4, -0.2) is 16.1 Å². The third-order valence-corrected chi connectivity index (χ3v) is 3.30. The molecule has 1 aromatic carbocycles. The fraction of sp³-hybridized carbons (Fsp3) is 0. The first-order chi connectivity index (χ1) is 8.99. The Hall–Kier alpha value is -1.47. The molecule has 1 aromatic heterocycles. The van der Waals surface area contributed by atoms with E-state index in [1.54, 1.807) is 18.2 Å². The molecule has 0 radical (unpaired) electrons. The van der Waals surface area contributed by atoms with Crippen LogP contribution in [0.2, 0.25) is 0 Å². The molecule has 0 aliphatic rings. The SMILES string of the molecule is O=C(O)c1ccnc(Oc2ccc(Br)cc2Br)c1F. The maximum atomic E-state index is 13.8. The fourth-order valence-corrected chi connectivity index (χ4v) is 2.45. The summed E-state index contributed by atoms with van der Waals surface area (Å²) in [6, 6.07) is 6.09. The normalized spacial score (nSPS) is 10.3. The van der Waals surface area contributed by atoms with E-state index in [1.807, 2.05) is 0 Å². The van der Waals surface area contributed by atoms with Gasteiger partial charge in [-0.25, -0.2) is 14.2 Å². The van der Waals surface area contributed by atoms with Crippen molar-refractivity contribution in [3.05, 3.63) is 50.8 Å². The van der Waals surface area contributed by atoms with Crippen molar-refractivity contribution in [2.45, 2.75) is 0 Å². The Morgan fingerprint density at radius 2 is 2.05 bits per heavy atom. The lowest BCUT2D eigenvalue weighted by molar-refractivity contribution is 0.0690. The number of aromatic carboxylic acids is 1. The highest BCUT2D eigenvalue weighted by molar-refractivity contribution is 9.11. The molecular formula is C12H6Br2FNO3. The number of carboxylic acids is 1. The van der Waals surface area contributed by atoms with Crippen LogP contribution in [0.4, 0.5) is 4.39 Å². The first kappa shape index (κ1) is 14.0. The van der Waals surface area contributed by atoms with E-state index in [4.69, 9.17) is 9.84 Å². The highest BCUT2D eigenvalue weighted by atomic mass is 79.9. The standard InChI is InChI=1S/C12H6Br2FNO3/c13-6-1-2-9(8(14)5-6)19-11-10(15)7(12(17)18)3-4-16-11/h1-5H,(H,17,18). The number of hydrogen-bond donors (Lipinski definition) is 1. The highest BCUT2D eigenvalue weighted by Crippen LogP contribution is 2.32. The molecule has 0 saturated carbocycles. The molecule has 0 aliphatic carbocycles. The molecule has 0 saturated heterocycles. The van der Waals surface area contributed by atoms with Crippen molar-refractivity contribution in [2.24, 2.45) is 0 Å². The van der Waals surface area contributed by atoms with E-state index >= 15 is 0 Å². The zero-order valence-electron chi connectivity index (χ0n) is 9.23. The van der Waals surface area contributed by atoms with Crippen molar-refractivity contribution >= 4 is 37.8 Å². The molecule has 0 amide bonds. The number of nitrogens with zero attached hydrogens (tertiary/aromatic N) is 1. The number of pyridine rings is 1. The summed E-state index contributed by atoms with van der Waals surface area (Å²) < 4.78 is 20.5. The molecule has 0 unspecified atom stereocenters. The van der Waals surface area contributed by atoms with Gasteiger partial charge in [-0.05, 0) is 40.2 Å². The summed E-state index contributed by atoms with van der Waals surface area (Å²) in [5.41, 5.74) is -0.488. The van der Waals surface area contributed by atoms with Crippen molar-refractivity contribution in [3.8, 4) is 11.6 Å². The van der Waals surface area contributed by atoms with Gasteiger partial charge < -0.3 is 9.84 Å². The van der Waals surface area contributed by atoms with Gasteiger partial charge in [0.25, 0.3) is 5.88 Å². The Morgan fingerprint density at radius 3 is 2.68 bits per heavy atom. The van der Waals surface area contributed by atoms with Gasteiger partial charge in [0.05, 0.1) is 4.47 Å². The summed E-state index contributed by atoms with van der Waals surface area (Å²) in [5, 5.41) is 8.81. The Morgan fingerprint density at radius 1 is 1.32 bits per heavy atom. The molecular weight excluding hydrogens is 385 g/mol. The molecule has 98 valence electrons. The average molecular weight is 391 g/mol. The summed E-state index contributed by atoms with van der Waals surface area (Å²) in [7, 11) is 0. The van der Waals surface area contributed by atoms with E-state index in [0.717, 1.165) is 10.5 Å². The van der Waals surface area contributed by atoms with E-state index in [1.165, 1.54) is 6.20 Å². The number of rotatable bonds is 3. The summed E-state index contributed by atoms with van der Waals surface area (Å²) in [5.74, 6) is -2.44. The first-order valence-electron chi connectivity index (χ1n) is 4.99. The number of halogens is 3. The van der Waals surface area contributed by atoms with Crippen molar-refractivity contribution in [1.82, 2.24) is 4.98 Å². The van der Waals surface area contributed by atoms with Crippen LogP contribution in [0.1, 0.15) is 10.4 Å².